The smallest absolute Gasteiger partial charge is 0.294 e. The van der Waals surface area contributed by atoms with E-state index in [0.29, 0.717) is 6.04 Å². The lowest BCUT2D eigenvalue weighted by atomic mass is 10.3. The summed E-state index contributed by atoms with van der Waals surface area (Å²) in [5, 5.41) is 4.31. The van der Waals surface area contributed by atoms with Gasteiger partial charge in [-0.3, -0.25) is 4.79 Å². The predicted molar refractivity (Wildman–Crippen MR) is 75.7 cm³/mol. The molecule has 0 saturated heterocycles. The average Bonchev–Trinajstić information content (AvgIpc) is 3.14. The number of hydrogen-bond donors (Lipinski definition) is 0. The first kappa shape index (κ1) is 12.8. The van der Waals surface area contributed by atoms with Crippen LogP contribution in [0, 0.1) is 0 Å². The first-order valence-corrected chi connectivity index (χ1v) is 6.96. The van der Waals surface area contributed by atoms with E-state index < -0.39 is 0 Å². The van der Waals surface area contributed by atoms with E-state index in [1.165, 1.54) is 0 Å². The molecule has 1 fully saturated rings. The fourth-order valence-corrected chi connectivity index (χ4v) is 2.36. The molecule has 104 valence electrons. The summed E-state index contributed by atoms with van der Waals surface area (Å²) in [5.74, 6) is 0.201. The Labute approximate surface area is 118 Å². The summed E-state index contributed by atoms with van der Waals surface area (Å²) < 4.78 is 1.64. The quantitative estimate of drug-likeness (QED) is 0.856. The van der Waals surface area contributed by atoms with Crippen LogP contribution in [-0.4, -0.2) is 37.7 Å². The van der Waals surface area contributed by atoms with E-state index in [9.17, 15) is 4.79 Å². The topological polar surface area (TPSA) is 51.0 Å². The molecule has 1 saturated carbocycles. The first-order valence-electron chi connectivity index (χ1n) is 6.96. The van der Waals surface area contributed by atoms with Crippen molar-refractivity contribution in [3.05, 3.63) is 42.5 Å². The molecule has 20 heavy (non-hydrogen) atoms. The molecule has 2 aromatic rings. The molecule has 1 aliphatic carbocycles. The fourth-order valence-electron chi connectivity index (χ4n) is 2.36. The van der Waals surface area contributed by atoms with Crippen molar-refractivity contribution < 1.29 is 4.79 Å². The van der Waals surface area contributed by atoms with Gasteiger partial charge in [-0.05, 0) is 38.8 Å². The molecule has 0 unspecified atom stereocenters. The van der Waals surface area contributed by atoms with Gasteiger partial charge in [-0.15, -0.1) is 5.10 Å². The Bertz CT molecular complexity index is 599. The normalized spacial score (nSPS) is 14.6. The van der Waals surface area contributed by atoms with Crippen molar-refractivity contribution in [2.24, 2.45) is 0 Å². The molecular formula is C15H18N4O. The summed E-state index contributed by atoms with van der Waals surface area (Å²) in [4.78, 5) is 18.6. The predicted octanol–water partition coefficient (Wildman–Crippen LogP) is 2.28. The SMILES string of the molecule is CC(C)N(C(=O)c1ncn(-c2ccccc2)n1)C1CC1. The molecule has 5 nitrogen and oxygen atoms in total. The average molecular weight is 270 g/mol. The number of nitrogens with zero attached hydrogens (tertiary/aromatic N) is 4. The standard InChI is InChI=1S/C15H18N4O/c1-11(2)19(13-8-9-13)15(20)14-16-10-18(17-14)12-6-4-3-5-7-12/h3-7,10-11,13H,8-9H2,1-2H3. The number of aromatic nitrogens is 3. The van der Waals surface area contributed by atoms with Crippen LogP contribution in [0.15, 0.2) is 36.7 Å². The van der Waals surface area contributed by atoms with Gasteiger partial charge in [-0.2, -0.15) is 0 Å². The number of amides is 1. The molecule has 0 spiro atoms. The minimum Gasteiger partial charge on any atom is -0.330 e. The van der Waals surface area contributed by atoms with Crippen LogP contribution in [0.1, 0.15) is 37.3 Å². The molecule has 3 rings (SSSR count). The molecule has 0 N–H and O–H groups in total. The molecule has 5 heteroatoms. The molecule has 1 heterocycles. The van der Waals surface area contributed by atoms with Crippen LogP contribution in [0.3, 0.4) is 0 Å². The molecule has 0 radical (unpaired) electrons. The van der Waals surface area contributed by atoms with Gasteiger partial charge in [-0.1, -0.05) is 18.2 Å². The fraction of sp³-hybridized carbons (Fsp3) is 0.400. The molecule has 0 bridgehead atoms. The highest BCUT2D eigenvalue weighted by Gasteiger charge is 2.36. The highest BCUT2D eigenvalue weighted by molar-refractivity contribution is 5.91. The minimum atomic E-state index is -0.0721. The van der Waals surface area contributed by atoms with Crippen molar-refractivity contribution >= 4 is 5.91 Å². The molecule has 0 atom stereocenters. The van der Waals surface area contributed by atoms with Crippen LogP contribution < -0.4 is 0 Å². The maximum atomic E-state index is 12.5. The molecular weight excluding hydrogens is 252 g/mol. The van der Waals surface area contributed by atoms with Crippen molar-refractivity contribution in [2.75, 3.05) is 0 Å². The van der Waals surface area contributed by atoms with Gasteiger partial charge in [0, 0.05) is 12.1 Å². The van der Waals surface area contributed by atoms with Gasteiger partial charge in [0.15, 0.2) is 0 Å². The minimum absolute atomic E-state index is 0.0721. The third kappa shape index (κ3) is 2.43. The lowest BCUT2D eigenvalue weighted by Crippen LogP contribution is -2.39. The van der Waals surface area contributed by atoms with Gasteiger partial charge in [-0.25, -0.2) is 9.67 Å². The Hall–Kier alpha value is -2.17. The summed E-state index contributed by atoms with van der Waals surface area (Å²) in [5.41, 5.74) is 0.904. The Morgan fingerprint density at radius 3 is 2.60 bits per heavy atom. The van der Waals surface area contributed by atoms with Crippen molar-refractivity contribution in [1.82, 2.24) is 19.7 Å². The maximum absolute atomic E-state index is 12.5. The van der Waals surface area contributed by atoms with Crippen LogP contribution in [0.5, 0.6) is 0 Å². The van der Waals surface area contributed by atoms with Crippen LogP contribution in [-0.2, 0) is 0 Å². The zero-order valence-corrected chi connectivity index (χ0v) is 11.7. The maximum Gasteiger partial charge on any atom is 0.294 e. The zero-order valence-electron chi connectivity index (χ0n) is 11.7. The van der Waals surface area contributed by atoms with Crippen LogP contribution in [0.2, 0.25) is 0 Å². The number of carbonyl (C=O) groups excluding carboxylic acids is 1. The molecule has 1 aromatic carbocycles. The highest BCUT2D eigenvalue weighted by atomic mass is 16.2. The molecule has 0 aliphatic heterocycles. The van der Waals surface area contributed by atoms with E-state index in [0.717, 1.165) is 18.5 Å². The number of hydrogen-bond acceptors (Lipinski definition) is 3. The van der Waals surface area contributed by atoms with Gasteiger partial charge in [0.05, 0.1) is 5.69 Å². The van der Waals surface area contributed by atoms with Crippen LogP contribution in [0.25, 0.3) is 5.69 Å². The molecule has 1 aliphatic rings. The second-order valence-electron chi connectivity index (χ2n) is 5.39. The largest absolute Gasteiger partial charge is 0.330 e. The van der Waals surface area contributed by atoms with E-state index in [4.69, 9.17) is 0 Å². The Morgan fingerprint density at radius 1 is 1.30 bits per heavy atom. The lowest BCUT2D eigenvalue weighted by molar-refractivity contribution is 0.0677. The lowest BCUT2D eigenvalue weighted by Gasteiger charge is -2.25. The van der Waals surface area contributed by atoms with Gasteiger partial charge < -0.3 is 4.90 Å². The monoisotopic (exact) mass is 270 g/mol. The summed E-state index contributed by atoms with van der Waals surface area (Å²) in [6.45, 7) is 4.06. The van der Waals surface area contributed by atoms with Crippen molar-refractivity contribution in [3.63, 3.8) is 0 Å². The van der Waals surface area contributed by atoms with Crippen LogP contribution in [0.4, 0.5) is 0 Å². The van der Waals surface area contributed by atoms with Crippen molar-refractivity contribution in [1.29, 1.82) is 0 Å². The van der Waals surface area contributed by atoms with Gasteiger partial charge in [0.2, 0.25) is 5.82 Å². The Balaban J connectivity index is 1.84. The summed E-state index contributed by atoms with van der Waals surface area (Å²) in [6.07, 6.45) is 3.76. The highest BCUT2D eigenvalue weighted by Crippen LogP contribution is 2.29. The van der Waals surface area contributed by atoms with E-state index in [1.807, 2.05) is 49.1 Å². The summed E-state index contributed by atoms with van der Waals surface area (Å²) in [6, 6.07) is 10.2. The second kappa shape index (κ2) is 5.07. The second-order valence-corrected chi connectivity index (χ2v) is 5.39. The number of rotatable bonds is 4. The van der Waals surface area contributed by atoms with E-state index >= 15 is 0 Å². The summed E-state index contributed by atoms with van der Waals surface area (Å²) >= 11 is 0. The number of carbonyl (C=O) groups is 1. The third-order valence-corrected chi connectivity index (χ3v) is 3.43. The van der Waals surface area contributed by atoms with Gasteiger partial charge in [0.25, 0.3) is 5.91 Å². The van der Waals surface area contributed by atoms with E-state index in [2.05, 4.69) is 10.1 Å². The Kier molecular flexibility index (Phi) is 3.26. The van der Waals surface area contributed by atoms with Gasteiger partial charge >= 0.3 is 0 Å². The number of para-hydroxylation sites is 1. The first-order chi connectivity index (χ1) is 9.66. The summed E-state index contributed by atoms with van der Waals surface area (Å²) in [7, 11) is 0. The van der Waals surface area contributed by atoms with Gasteiger partial charge in [0.1, 0.15) is 6.33 Å². The van der Waals surface area contributed by atoms with Crippen molar-refractivity contribution in [3.8, 4) is 5.69 Å². The third-order valence-electron chi connectivity index (χ3n) is 3.43. The van der Waals surface area contributed by atoms with Crippen molar-refractivity contribution in [2.45, 2.75) is 38.8 Å². The molecule has 1 amide bonds. The van der Waals surface area contributed by atoms with E-state index in [1.54, 1.807) is 11.0 Å². The van der Waals surface area contributed by atoms with Crippen LogP contribution >= 0.6 is 0 Å². The van der Waals surface area contributed by atoms with E-state index in [-0.39, 0.29) is 17.8 Å². The number of benzene rings is 1. The Morgan fingerprint density at radius 2 is 2.00 bits per heavy atom. The molecule has 1 aromatic heterocycles. The zero-order chi connectivity index (χ0) is 14.1.